The average Bonchev–Trinajstić information content (AvgIpc) is 2.95. The topological polar surface area (TPSA) is 72.8 Å². The molecule has 204 valence electrons. The molecule has 38 heavy (non-hydrogen) atoms. The molecule has 0 fully saturated rings. The molecule has 0 aromatic heterocycles. The number of hydrogen-bond donors (Lipinski definition) is 1. The van der Waals surface area contributed by atoms with Crippen molar-refractivity contribution in [1.29, 1.82) is 0 Å². The summed E-state index contributed by atoms with van der Waals surface area (Å²) in [5.74, 6) is 1.09. The number of ether oxygens (including phenoxy) is 2. The summed E-state index contributed by atoms with van der Waals surface area (Å²) in [7, 11) is 0. The number of rotatable bonds is 16. The van der Waals surface area contributed by atoms with Gasteiger partial charge in [0.1, 0.15) is 18.1 Å². The number of carbonyl (C=O) groups is 2. The fraction of sp³-hybridized carbons (Fsp3) is 0.455. The summed E-state index contributed by atoms with van der Waals surface area (Å²) in [5, 5.41) is 10.7. The Morgan fingerprint density at radius 1 is 0.947 bits per heavy atom. The number of carbonyl (C=O) groups excluding carboxylic acids is 2. The number of aliphatic hydroxyl groups excluding tert-OH is 1. The van der Waals surface area contributed by atoms with Gasteiger partial charge in [-0.25, -0.2) is 4.79 Å². The van der Waals surface area contributed by atoms with Gasteiger partial charge in [0.15, 0.2) is 0 Å². The SMILES string of the molecule is C=C(C=O)CC(O)C(CCCCCCCC)OC1=CC=C(C(=O)OC2=CC=C(c3ccccc3)CC2)CC1. The molecule has 0 saturated heterocycles. The summed E-state index contributed by atoms with van der Waals surface area (Å²) in [6.45, 7) is 5.90. The van der Waals surface area contributed by atoms with Crippen molar-refractivity contribution in [2.24, 2.45) is 0 Å². The first-order valence-electron chi connectivity index (χ1n) is 14.0. The van der Waals surface area contributed by atoms with Gasteiger partial charge in [-0.2, -0.15) is 0 Å². The Morgan fingerprint density at radius 2 is 1.66 bits per heavy atom. The van der Waals surface area contributed by atoms with E-state index in [-0.39, 0.29) is 12.4 Å². The van der Waals surface area contributed by atoms with E-state index in [1.807, 2.05) is 30.4 Å². The predicted molar refractivity (Wildman–Crippen MR) is 152 cm³/mol. The van der Waals surface area contributed by atoms with Gasteiger partial charge in [-0.05, 0) is 60.6 Å². The number of hydrogen-bond acceptors (Lipinski definition) is 5. The van der Waals surface area contributed by atoms with Gasteiger partial charge in [-0.3, -0.25) is 4.79 Å². The van der Waals surface area contributed by atoms with E-state index in [1.54, 1.807) is 12.2 Å². The van der Waals surface area contributed by atoms with Crippen LogP contribution in [0.15, 0.2) is 83.9 Å². The molecule has 0 amide bonds. The molecule has 0 radical (unpaired) electrons. The van der Waals surface area contributed by atoms with Crippen molar-refractivity contribution in [3.05, 3.63) is 89.4 Å². The Labute approximate surface area is 227 Å². The largest absolute Gasteiger partial charge is 0.492 e. The number of benzene rings is 1. The number of aliphatic hydroxyl groups is 1. The van der Waals surface area contributed by atoms with Gasteiger partial charge in [-0.1, -0.05) is 82.0 Å². The van der Waals surface area contributed by atoms with Gasteiger partial charge < -0.3 is 14.6 Å². The summed E-state index contributed by atoms with van der Waals surface area (Å²) in [5.41, 5.74) is 3.40. The zero-order valence-electron chi connectivity index (χ0n) is 22.7. The number of aldehydes is 1. The van der Waals surface area contributed by atoms with Crippen LogP contribution < -0.4 is 0 Å². The minimum absolute atomic E-state index is 0.195. The Hall–Kier alpha value is -3.18. The van der Waals surface area contributed by atoms with E-state index in [0.717, 1.165) is 25.0 Å². The van der Waals surface area contributed by atoms with Crippen LogP contribution in [0.4, 0.5) is 0 Å². The Kier molecular flexibility index (Phi) is 12.3. The van der Waals surface area contributed by atoms with Crippen molar-refractivity contribution in [3.63, 3.8) is 0 Å². The van der Waals surface area contributed by atoms with E-state index in [9.17, 15) is 14.7 Å². The number of unbranched alkanes of at least 4 members (excludes halogenated alkanes) is 5. The first-order valence-corrected chi connectivity index (χ1v) is 14.0. The maximum Gasteiger partial charge on any atom is 0.339 e. The lowest BCUT2D eigenvalue weighted by atomic mass is 9.96. The standard InChI is InChI=1S/C33H42O5/c1-3-4-5-6-7-11-14-32(31(35)23-25(2)24-34)37-29-21-17-28(18-22-29)33(36)38-30-19-15-27(16-20-30)26-12-9-8-10-13-26/h8-10,12-13,15,17,19,21,24,31-32,35H,2-7,11,14,16,18,20,22-23H2,1H3. The molecular weight excluding hydrogens is 476 g/mol. The molecule has 5 heteroatoms. The van der Waals surface area contributed by atoms with E-state index < -0.39 is 12.2 Å². The summed E-state index contributed by atoms with van der Waals surface area (Å²) in [6, 6.07) is 10.2. The molecular formula is C33H42O5. The predicted octanol–water partition coefficient (Wildman–Crippen LogP) is 7.54. The monoisotopic (exact) mass is 518 g/mol. The molecule has 3 rings (SSSR count). The van der Waals surface area contributed by atoms with Gasteiger partial charge in [0.05, 0.1) is 11.9 Å². The van der Waals surface area contributed by atoms with Crippen LogP contribution in [0.1, 0.15) is 89.5 Å². The van der Waals surface area contributed by atoms with Crippen LogP contribution in [0, 0.1) is 0 Å². The van der Waals surface area contributed by atoms with Gasteiger partial charge in [0, 0.05) is 24.8 Å². The minimum atomic E-state index is -0.799. The van der Waals surface area contributed by atoms with Crippen LogP contribution in [-0.4, -0.2) is 29.6 Å². The lowest BCUT2D eigenvalue weighted by Crippen LogP contribution is -2.30. The van der Waals surface area contributed by atoms with Crippen LogP contribution in [0.3, 0.4) is 0 Å². The number of allylic oxidation sites excluding steroid dienone is 7. The fourth-order valence-corrected chi connectivity index (χ4v) is 4.77. The van der Waals surface area contributed by atoms with E-state index in [4.69, 9.17) is 9.47 Å². The van der Waals surface area contributed by atoms with Crippen LogP contribution in [-0.2, 0) is 19.1 Å². The van der Waals surface area contributed by atoms with Crippen molar-refractivity contribution in [3.8, 4) is 0 Å². The highest BCUT2D eigenvalue weighted by molar-refractivity contribution is 5.90. The summed E-state index contributed by atoms with van der Waals surface area (Å²) >= 11 is 0. The zero-order chi connectivity index (χ0) is 27.2. The lowest BCUT2D eigenvalue weighted by Gasteiger charge is -2.27. The zero-order valence-corrected chi connectivity index (χ0v) is 22.7. The Balaban J connectivity index is 1.55. The quantitative estimate of drug-likeness (QED) is 0.106. The third-order valence-electron chi connectivity index (χ3n) is 7.06. The molecule has 2 aliphatic rings. The van der Waals surface area contributed by atoms with Gasteiger partial charge in [0.2, 0.25) is 0 Å². The maximum atomic E-state index is 12.8. The smallest absolute Gasteiger partial charge is 0.339 e. The van der Waals surface area contributed by atoms with Crippen LogP contribution in [0.5, 0.6) is 0 Å². The molecule has 2 aliphatic carbocycles. The summed E-state index contributed by atoms with van der Waals surface area (Å²) in [6.07, 6.45) is 17.4. The Bertz CT molecular complexity index is 1060. The molecule has 0 bridgehead atoms. The molecule has 1 aromatic carbocycles. The highest BCUT2D eigenvalue weighted by Gasteiger charge is 2.24. The number of esters is 1. The van der Waals surface area contributed by atoms with Gasteiger partial charge in [-0.15, -0.1) is 0 Å². The molecule has 2 unspecified atom stereocenters. The van der Waals surface area contributed by atoms with Crippen LogP contribution >= 0.6 is 0 Å². The van der Waals surface area contributed by atoms with Crippen molar-refractivity contribution < 1.29 is 24.2 Å². The summed E-state index contributed by atoms with van der Waals surface area (Å²) in [4.78, 5) is 23.8. The second-order valence-corrected chi connectivity index (χ2v) is 10.2. The van der Waals surface area contributed by atoms with E-state index >= 15 is 0 Å². The van der Waals surface area contributed by atoms with Crippen molar-refractivity contribution in [2.75, 3.05) is 0 Å². The minimum Gasteiger partial charge on any atom is -0.492 e. The third kappa shape index (κ3) is 9.60. The van der Waals surface area contributed by atoms with E-state index in [2.05, 4.69) is 25.6 Å². The first kappa shape index (κ1) is 29.4. The average molecular weight is 519 g/mol. The molecule has 1 aromatic rings. The second-order valence-electron chi connectivity index (χ2n) is 10.2. The normalized spacial score (nSPS) is 16.8. The second kappa shape index (κ2) is 15.9. The molecule has 0 aliphatic heterocycles. The van der Waals surface area contributed by atoms with Gasteiger partial charge >= 0.3 is 5.97 Å². The maximum absolute atomic E-state index is 12.8. The molecule has 5 nitrogen and oxygen atoms in total. The van der Waals surface area contributed by atoms with Crippen molar-refractivity contribution in [2.45, 2.75) is 96.2 Å². The first-order chi connectivity index (χ1) is 18.5. The van der Waals surface area contributed by atoms with E-state index in [1.165, 1.54) is 36.8 Å². The highest BCUT2D eigenvalue weighted by Crippen LogP contribution is 2.29. The lowest BCUT2D eigenvalue weighted by molar-refractivity contribution is -0.135. The fourth-order valence-electron chi connectivity index (χ4n) is 4.77. The molecule has 1 N–H and O–H groups in total. The summed E-state index contributed by atoms with van der Waals surface area (Å²) < 4.78 is 11.9. The van der Waals surface area contributed by atoms with Crippen LogP contribution in [0.2, 0.25) is 0 Å². The van der Waals surface area contributed by atoms with Crippen LogP contribution in [0.25, 0.3) is 5.57 Å². The molecule has 0 spiro atoms. The Morgan fingerprint density at radius 3 is 2.32 bits per heavy atom. The highest BCUT2D eigenvalue weighted by atomic mass is 16.5. The molecule has 2 atom stereocenters. The molecule has 0 saturated carbocycles. The van der Waals surface area contributed by atoms with E-state index in [0.29, 0.717) is 48.9 Å². The van der Waals surface area contributed by atoms with Crippen molar-refractivity contribution >= 4 is 17.8 Å². The third-order valence-corrected chi connectivity index (χ3v) is 7.06. The van der Waals surface area contributed by atoms with Gasteiger partial charge in [0.25, 0.3) is 0 Å². The van der Waals surface area contributed by atoms with Crippen molar-refractivity contribution in [1.82, 2.24) is 0 Å². The molecule has 0 heterocycles.